The number of esters is 1. The molecule has 1 aromatic carbocycles. The number of aromatic nitrogens is 2. The molecule has 0 saturated carbocycles. The zero-order chi connectivity index (χ0) is 21.1. The maximum atomic E-state index is 12.4. The molecule has 29 heavy (non-hydrogen) atoms. The van der Waals surface area contributed by atoms with Crippen LogP contribution >= 0.6 is 0 Å². The number of hydrogen-bond acceptors (Lipinski definition) is 5. The molecule has 1 aliphatic rings. The summed E-state index contributed by atoms with van der Waals surface area (Å²) in [6.45, 7) is 5.55. The largest absolute Gasteiger partial charge is 0.455 e. The normalized spacial score (nSPS) is 16.2. The molecule has 2 amide bonds. The van der Waals surface area contributed by atoms with Gasteiger partial charge in [0.05, 0.1) is 23.0 Å². The van der Waals surface area contributed by atoms with Gasteiger partial charge in [0.2, 0.25) is 5.91 Å². The summed E-state index contributed by atoms with van der Waals surface area (Å²) in [5.41, 5.74) is 4.07. The zero-order valence-corrected chi connectivity index (χ0v) is 17.2. The van der Waals surface area contributed by atoms with Gasteiger partial charge in [0.1, 0.15) is 0 Å². The molecule has 8 nitrogen and oxygen atoms in total. The molecule has 1 saturated heterocycles. The topological polar surface area (TPSA) is 93.5 Å². The number of nitrogens with zero attached hydrogens (tertiary/aromatic N) is 3. The maximum Gasteiger partial charge on any atom is 0.311 e. The molecule has 1 aliphatic heterocycles. The second-order valence-electron chi connectivity index (χ2n) is 7.25. The highest BCUT2D eigenvalue weighted by molar-refractivity contribution is 6.00. The summed E-state index contributed by atoms with van der Waals surface area (Å²) in [6.07, 6.45) is 1.00. The zero-order valence-electron chi connectivity index (χ0n) is 17.2. The van der Waals surface area contributed by atoms with Gasteiger partial charge in [-0.25, -0.2) is 0 Å². The molecule has 2 heterocycles. The Morgan fingerprint density at radius 2 is 1.93 bits per heavy atom. The summed E-state index contributed by atoms with van der Waals surface area (Å²) in [4.78, 5) is 38.4. The van der Waals surface area contributed by atoms with Crippen LogP contribution in [0.3, 0.4) is 0 Å². The van der Waals surface area contributed by atoms with Crippen molar-refractivity contribution in [2.45, 2.75) is 33.6 Å². The van der Waals surface area contributed by atoms with Crippen molar-refractivity contribution < 1.29 is 19.1 Å². The lowest BCUT2D eigenvalue weighted by Crippen LogP contribution is -2.28. The van der Waals surface area contributed by atoms with E-state index in [-0.39, 0.29) is 18.9 Å². The van der Waals surface area contributed by atoms with Gasteiger partial charge >= 0.3 is 5.97 Å². The number of aryl methyl sites for hydroxylation is 3. The van der Waals surface area contributed by atoms with Crippen LogP contribution in [0.2, 0.25) is 0 Å². The fourth-order valence-corrected chi connectivity index (χ4v) is 3.41. The maximum absolute atomic E-state index is 12.4. The number of amides is 2. The number of anilines is 2. The summed E-state index contributed by atoms with van der Waals surface area (Å²) in [6, 6.07) is 7.72. The summed E-state index contributed by atoms with van der Waals surface area (Å²) >= 11 is 0. The molecule has 8 heteroatoms. The number of nitrogens with one attached hydrogen (secondary N) is 1. The van der Waals surface area contributed by atoms with E-state index in [1.807, 2.05) is 31.2 Å². The smallest absolute Gasteiger partial charge is 0.311 e. The molecule has 1 atom stereocenters. The standard InChI is InChI=1S/C21H26N4O4/c1-5-15-6-8-17(9-7-15)25-11-16(10-19(25)27)21(28)29-12-18(26)22-20-13(2)23-24(4)14(20)3/h6-9,16H,5,10-12H2,1-4H3,(H,22,26)/t16-/m1/s1. The minimum absolute atomic E-state index is 0.0802. The summed E-state index contributed by atoms with van der Waals surface area (Å²) < 4.78 is 6.83. The van der Waals surface area contributed by atoms with Crippen LogP contribution < -0.4 is 10.2 Å². The van der Waals surface area contributed by atoms with Crippen molar-refractivity contribution >= 4 is 29.2 Å². The quantitative estimate of drug-likeness (QED) is 0.753. The van der Waals surface area contributed by atoms with E-state index in [1.165, 1.54) is 5.56 Å². The van der Waals surface area contributed by atoms with Crippen LogP contribution in [0.4, 0.5) is 11.4 Å². The van der Waals surface area contributed by atoms with E-state index in [9.17, 15) is 14.4 Å². The number of carbonyl (C=O) groups is 3. The van der Waals surface area contributed by atoms with E-state index in [0.717, 1.165) is 17.8 Å². The summed E-state index contributed by atoms with van der Waals surface area (Å²) in [7, 11) is 1.79. The van der Waals surface area contributed by atoms with Gasteiger partial charge in [-0.05, 0) is 38.0 Å². The Balaban J connectivity index is 1.54. The summed E-state index contributed by atoms with van der Waals surface area (Å²) in [5.74, 6) is -1.68. The van der Waals surface area contributed by atoms with Crippen molar-refractivity contribution in [3.63, 3.8) is 0 Å². The second-order valence-corrected chi connectivity index (χ2v) is 7.25. The van der Waals surface area contributed by atoms with Gasteiger partial charge in [-0.2, -0.15) is 5.10 Å². The lowest BCUT2D eigenvalue weighted by atomic mass is 10.1. The van der Waals surface area contributed by atoms with E-state index in [0.29, 0.717) is 11.4 Å². The third kappa shape index (κ3) is 4.47. The van der Waals surface area contributed by atoms with E-state index < -0.39 is 24.4 Å². The van der Waals surface area contributed by atoms with Crippen molar-refractivity contribution in [3.05, 3.63) is 41.2 Å². The molecule has 0 unspecified atom stereocenters. The van der Waals surface area contributed by atoms with Crippen LogP contribution in [0.25, 0.3) is 0 Å². The molecule has 1 N–H and O–H groups in total. The number of ether oxygens (including phenoxy) is 1. The number of rotatable bonds is 6. The molecule has 3 rings (SSSR count). The van der Waals surface area contributed by atoms with E-state index in [2.05, 4.69) is 17.3 Å². The lowest BCUT2D eigenvalue weighted by molar-refractivity contribution is -0.151. The molecule has 1 aromatic heterocycles. The van der Waals surface area contributed by atoms with E-state index >= 15 is 0 Å². The molecule has 0 radical (unpaired) electrons. The highest BCUT2D eigenvalue weighted by Crippen LogP contribution is 2.26. The van der Waals surface area contributed by atoms with Gasteiger partial charge in [-0.1, -0.05) is 19.1 Å². The van der Waals surface area contributed by atoms with Gasteiger partial charge < -0.3 is 15.0 Å². The van der Waals surface area contributed by atoms with Crippen LogP contribution in [0.15, 0.2) is 24.3 Å². The average molecular weight is 398 g/mol. The van der Waals surface area contributed by atoms with Gasteiger partial charge in [-0.15, -0.1) is 0 Å². The van der Waals surface area contributed by atoms with Crippen molar-refractivity contribution in [1.29, 1.82) is 0 Å². The third-order valence-electron chi connectivity index (χ3n) is 5.23. The Morgan fingerprint density at radius 1 is 1.24 bits per heavy atom. The number of hydrogen-bond donors (Lipinski definition) is 1. The highest BCUT2D eigenvalue weighted by atomic mass is 16.5. The minimum Gasteiger partial charge on any atom is -0.455 e. The van der Waals surface area contributed by atoms with Crippen molar-refractivity contribution in [2.75, 3.05) is 23.4 Å². The van der Waals surface area contributed by atoms with Gasteiger partial charge in [-0.3, -0.25) is 19.1 Å². The first-order valence-corrected chi connectivity index (χ1v) is 9.66. The molecule has 0 spiro atoms. The minimum atomic E-state index is -0.581. The van der Waals surface area contributed by atoms with Crippen LogP contribution in [0, 0.1) is 19.8 Å². The monoisotopic (exact) mass is 398 g/mol. The Morgan fingerprint density at radius 3 is 2.52 bits per heavy atom. The molecular formula is C21H26N4O4. The predicted octanol–water partition coefficient (Wildman–Crippen LogP) is 2.13. The van der Waals surface area contributed by atoms with Gasteiger partial charge in [0.25, 0.3) is 5.91 Å². The lowest BCUT2D eigenvalue weighted by Gasteiger charge is -2.17. The van der Waals surface area contributed by atoms with Crippen molar-refractivity contribution in [3.8, 4) is 0 Å². The average Bonchev–Trinajstić information content (AvgIpc) is 3.21. The van der Waals surface area contributed by atoms with Crippen LogP contribution in [0.5, 0.6) is 0 Å². The Kier molecular flexibility index (Phi) is 6.00. The number of benzene rings is 1. The Labute approximate surface area is 169 Å². The fraction of sp³-hybridized carbons (Fsp3) is 0.429. The second kappa shape index (κ2) is 8.46. The van der Waals surface area contributed by atoms with E-state index in [1.54, 1.807) is 23.6 Å². The fourth-order valence-electron chi connectivity index (χ4n) is 3.41. The summed E-state index contributed by atoms with van der Waals surface area (Å²) in [5, 5.41) is 6.95. The van der Waals surface area contributed by atoms with Crippen LogP contribution in [-0.4, -0.2) is 40.7 Å². The molecule has 1 fully saturated rings. The molecule has 154 valence electrons. The Hall–Kier alpha value is -3.16. The first-order valence-electron chi connectivity index (χ1n) is 9.66. The van der Waals surface area contributed by atoms with Crippen molar-refractivity contribution in [1.82, 2.24) is 9.78 Å². The van der Waals surface area contributed by atoms with E-state index in [4.69, 9.17) is 4.74 Å². The van der Waals surface area contributed by atoms with Crippen LogP contribution in [-0.2, 0) is 32.6 Å². The SMILES string of the molecule is CCc1ccc(N2C[C@H](C(=O)OCC(=O)Nc3c(C)nn(C)c3C)CC2=O)cc1. The third-order valence-corrected chi connectivity index (χ3v) is 5.23. The molecular weight excluding hydrogens is 372 g/mol. The molecule has 0 bridgehead atoms. The highest BCUT2D eigenvalue weighted by Gasteiger charge is 2.36. The first-order chi connectivity index (χ1) is 13.8. The molecule has 0 aliphatic carbocycles. The number of carbonyl (C=O) groups excluding carboxylic acids is 3. The van der Waals surface area contributed by atoms with Gasteiger partial charge in [0, 0.05) is 25.7 Å². The Bertz CT molecular complexity index is 933. The predicted molar refractivity (Wildman–Crippen MR) is 109 cm³/mol. The van der Waals surface area contributed by atoms with Crippen molar-refractivity contribution in [2.24, 2.45) is 13.0 Å². The first kappa shape index (κ1) is 20.6. The van der Waals surface area contributed by atoms with Crippen LogP contribution in [0.1, 0.15) is 30.3 Å². The molecule has 2 aromatic rings. The van der Waals surface area contributed by atoms with Gasteiger partial charge in [0.15, 0.2) is 6.61 Å².